The van der Waals surface area contributed by atoms with E-state index in [1.807, 2.05) is 0 Å². The van der Waals surface area contributed by atoms with E-state index in [9.17, 15) is 4.79 Å². The van der Waals surface area contributed by atoms with Crippen LogP contribution in [0.4, 0.5) is 0 Å². The zero-order valence-corrected chi connectivity index (χ0v) is 12.9. The van der Waals surface area contributed by atoms with Crippen LogP contribution in [0, 0.1) is 11.3 Å². The molecule has 0 N–H and O–H groups in total. The molecule has 1 saturated carbocycles. The van der Waals surface area contributed by atoms with Crippen LogP contribution < -0.4 is 0 Å². The van der Waals surface area contributed by atoms with Gasteiger partial charge in [0.2, 0.25) is 0 Å². The molecule has 19 heavy (non-hydrogen) atoms. The molecule has 106 valence electrons. The molecule has 1 aromatic heterocycles. The summed E-state index contributed by atoms with van der Waals surface area (Å²) in [4.78, 5) is 15.4. The quantitative estimate of drug-likeness (QED) is 0.735. The van der Waals surface area contributed by atoms with Crippen LogP contribution >= 0.6 is 11.3 Å². The van der Waals surface area contributed by atoms with Crippen molar-refractivity contribution in [2.24, 2.45) is 11.3 Å². The molecule has 0 radical (unpaired) electrons. The van der Waals surface area contributed by atoms with Crippen molar-refractivity contribution in [1.82, 2.24) is 4.90 Å². The normalized spacial score (nSPS) is 27.6. The molecule has 1 aliphatic rings. The van der Waals surface area contributed by atoms with Gasteiger partial charge in [0.25, 0.3) is 0 Å². The smallest absolute Gasteiger partial charge is 0.127 e. The lowest BCUT2D eigenvalue weighted by atomic mass is 9.71. The largest absolute Gasteiger partial charge is 0.303 e. The standard InChI is InChI=1S/C16H25NOS/c1-3-17(11-15-5-4-10-19-15)12-16(13-18)8-6-14(2)7-9-16/h4-5,10,13-14H,3,6-9,11-12H2,1-2H3. The maximum atomic E-state index is 11.6. The van der Waals surface area contributed by atoms with E-state index in [0.29, 0.717) is 0 Å². The van der Waals surface area contributed by atoms with Crippen LogP contribution in [0.5, 0.6) is 0 Å². The maximum absolute atomic E-state index is 11.6. The van der Waals surface area contributed by atoms with Crippen molar-refractivity contribution in [3.8, 4) is 0 Å². The van der Waals surface area contributed by atoms with Crippen LogP contribution in [0.25, 0.3) is 0 Å². The highest BCUT2D eigenvalue weighted by atomic mass is 32.1. The number of hydrogen-bond donors (Lipinski definition) is 0. The van der Waals surface area contributed by atoms with E-state index in [4.69, 9.17) is 0 Å². The molecule has 0 bridgehead atoms. The van der Waals surface area contributed by atoms with Crippen molar-refractivity contribution in [3.05, 3.63) is 22.4 Å². The fourth-order valence-corrected chi connectivity index (χ4v) is 3.74. The third kappa shape index (κ3) is 3.90. The van der Waals surface area contributed by atoms with Crippen LogP contribution in [-0.4, -0.2) is 24.3 Å². The Morgan fingerprint density at radius 1 is 1.47 bits per heavy atom. The first-order valence-electron chi connectivity index (χ1n) is 7.38. The van der Waals surface area contributed by atoms with E-state index >= 15 is 0 Å². The average molecular weight is 279 g/mol. The third-order valence-corrected chi connectivity index (χ3v) is 5.33. The molecule has 3 heteroatoms. The molecule has 2 nitrogen and oxygen atoms in total. The Morgan fingerprint density at radius 3 is 2.74 bits per heavy atom. The Hall–Kier alpha value is -0.670. The summed E-state index contributed by atoms with van der Waals surface area (Å²) in [7, 11) is 0. The van der Waals surface area contributed by atoms with Gasteiger partial charge in [0.15, 0.2) is 0 Å². The molecule has 0 spiro atoms. The van der Waals surface area contributed by atoms with Crippen LogP contribution in [0.1, 0.15) is 44.4 Å². The van der Waals surface area contributed by atoms with Gasteiger partial charge < -0.3 is 4.79 Å². The van der Waals surface area contributed by atoms with Gasteiger partial charge in [-0.3, -0.25) is 4.90 Å². The summed E-state index contributed by atoms with van der Waals surface area (Å²) in [5.74, 6) is 0.792. The monoisotopic (exact) mass is 279 g/mol. The molecule has 0 saturated heterocycles. The van der Waals surface area contributed by atoms with E-state index in [2.05, 4.69) is 36.3 Å². The molecule has 2 rings (SSSR count). The summed E-state index contributed by atoms with van der Waals surface area (Å²) in [5.41, 5.74) is -0.0836. The van der Waals surface area contributed by atoms with E-state index < -0.39 is 0 Å². The van der Waals surface area contributed by atoms with Gasteiger partial charge in [-0.15, -0.1) is 11.3 Å². The Balaban J connectivity index is 1.97. The summed E-state index contributed by atoms with van der Waals surface area (Å²) in [5, 5.41) is 2.13. The van der Waals surface area contributed by atoms with Crippen LogP contribution in [0.15, 0.2) is 17.5 Å². The summed E-state index contributed by atoms with van der Waals surface area (Å²) in [6.07, 6.45) is 5.79. The van der Waals surface area contributed by atoms with Gasteiger partial charge in [-0.25, -0.2) is 0 Å². The lowest BCUT2D eigenvalue weighted by molar-refractivity contribution is -0.119. The van der Waals surface area contributed by atoms with Crippen LogP contribution in [0.3, 0.4) is 0 Å². The van der Waals surface area contributed by atoms with Gasteiger partial charge in [0, 0.05) is 23.4 Å². The molecule has 0 unspecified atom stereocenters. The highest BCUT2D eigenvalue weighted by Gasteiger charge is 2.35. The maximum Gasteiger partial charge on any atom is 0.127 e. The molecule has 0 aliphatic heterocycles. The zero-order chi connectivity index (χ0) is 13.7. The number of aldehydes is 1. The second-order valence-corrected chi connectivity index (χ2v) is 7.08. The van der Waals surface area contributed by atoms with Crippen molar-refractivity contribution in [2.75, 3.05) is 13.1 Å². The van der Waals surface area contributed by atoms with Gasteiger partial charge in [0.1, 0.15) is 6.29 Å². The van der Waals surface area contributed by atoms with Crippen molar-refractivity contribution in [3.63, 3.8) is 0 Å². The van der Waals surface area contributed by atoms with E-state index in [1.54, 1.807) is 11.3 Å². The predicted octanol–water partition coefficient (Wildman–Crippen LogP) is 3.97. The average Bonchev–Trinajstić information content (AvgIpc) is 2.94. The molecular formula is C16H25NOS. The van der Waals surface area contributed by atoms with Crippen LogP contribution in [-0.2, 0) is 11.3 Å². The minimum atomic E-state index is -0.0836. The Labute approximate surface area is 120 Å². The molecule has 1 aliphatic carbocycles. The summed E-state index contributed by atoms with van der Waals surface area (Å²) >= 11 is 1.81. The number of carbonyl (C=O) groups is 1. The minimum absolute atomic E-state index is 0.0836. The highest BCUT2D eigenvalue weighted by Crippen LogP contribution is 2.38. The number of thiophene rings is 1. The fraction of sp³-hybridized carbons (Fsp3) is 0.688. The van der Waals surface area contributed by atoms with Crippen molar-refractivity contribution >= 4 is 17.6 Å². The van der Waals surface area contributed by atoms with Crippen molar-refractivity contribution < 1.29 is 4.79 Å². The zero-order valence-electron chi connectivity index (χ0n) is 12.1. The summed E-state index contributed by atoms with van der Waals surface area (Å²) in [6.45, 7) is 7.43. The first-order chi connectivity index (χ1) is 9.17. The summed E-state index contributed by atoms with van der Waals surface area (Å²) in [6, 6.07) is 4.29. The van der Waals surface area contributed by atoms with Gasteiger partial charge in [-0.2, -0.15) is 0 Å². The van der Waals surface area contributed by atoms with E-state index in [1.165, 1.54) is 24.0 Å². The number of hydrogen-bond acceptors (Lipinski definition) is 3. The Bertz CT molecular complexity index is 379. The number of rotatable bonds is 6. The third-order valence-electron chi connectivity index (χ3n) is 4.47. The second kappa shape index (κ2) is 6.67. The molecule has 1 aromatic rings. The van der Waals surface area contributed by atoms with E-state index in [0.717, 1.165) is 38.4 Å². The van der Waals surface area contributed by atoms with Crippen molar-refractivity contribution in [1.29, 1.82) is 0 Å². The van der Waals surface area contributed by atoms with E-state index in [-0.39, 0.29) is 5.41 Å². The Morgan fingerprint density at radius 2 is 2.21 bits per heavy atom. The lowest BCUT2D eigenvalue weighted by Crippen LogP contribution is -2.40. The Kier molecular flexibility index (Phi) is 5.17. The second-order valence-electron chi connectivity index (χ2n) is 6.05. The van der Waals surface area contributed by atoms with Gasteiger partial charge in [0.05, 0.1) is 0 Å². The molecule has 0 aromatic carbocycles. The SMILES string of the molecule is CCN(Cc1cccs1)CC1(C=O)CCC(C)CC1. The minimum Gasteiger partial charge on any atom is -0.303 e. The number of carbonyl (C=O) groups excluding carboxylic acids is 1. The fourth-order valence-electron chi connectivity index (χ4n) is 3.00. The highest BCUT2D eigenvalue weighted by molar-refractivity contribution is 7.09. The first kappa shape index (κ1) is 14.7. The lowest BCUT2D eigenvalue weighted by Gasteiger charge is -2.38. The molecule has 0 atom stereocenters. The predicted molar refractivity (Wildman–Crippen MR) is 81.4 cm³/mol. The molecule has 0 amide bonds. The van der Waals surface area contributed by atoms with Crippen LogP contribution in [0.2, 0.25) is 0 Å². The number of nitrogens with zero attached hydrogens (tertiary/aromatic N) is 1. The summed E-state index contributed by atoms with van der Waals surface area (Å²) < 4.78 is 0. The van der Waals surface area contributed by atoms with Gasteiger partial charge >= 0.3 is 0 Å². The molecule has 1 fully saturated rings. The molecular weight excluding hydrogens is 254 g/mol. The molecule has 1 heterocycles. The van der Waals surface area contributed by atoms with Crippen molar-refractivity contribution in [2.45, 2.75) is 46.1 Å². The van der Waals surface area contributed by atoms with Gasteiger partial charge in [-0.05, 0) is 49.6 Å². The van der Waals surface area contributed by atoms with Gasteiger partial charge in [-0.1, -0.05) is 19.9 Å². The first-order valence-corrected chi connectivity index (χ1v) is 8.26. The topological polar surface area (TPSA) is 20.3 Å².